The van der Waals surface area contributed by atoms with Crippen molar-refractivity contribution in [1.29, 1.82) is 0 Å². The molecular weight excluding hydrogens is 292 g/mol. The summed E-state index contributed by atoms with van der Waals surface area (Å²) in [5, 5.41) is 3.07. The lowest BCUT2D eigenvalue weighted by Gasteiger charge is -2.34. The Labute approximate surface area is 125 Å². The highest BCUT2D eigenvalue weighted by atomic mass is 31.2. The molecule has 0 bridgehead atoms. The standard InChI is InChI=1S/C15H23FNO3P/c1-19-21(18,20-2)15(12-8-4-3-5-9-12)17-14-11-7-6-10-13(14)16/h6-7,10-12,15,17H,3-5,8-9H2,1-2H3. The predicted octanol–water partition coefficient (Wildman–Crippen LogP) is 4.63. The van der Waals surface area contributed by atoms with Crippen LogP contribution >= 0.6 is 7.60 Å². The third kappa shape index (κ3) is 3.85. The van der Waals surface area contributed by atoms with Crippen molar-refractivity contribution >= 4 is 13.3 Å². The van der Waals surface area contributed by atoms with Gasteiger partial charge in [0.05, 0.1) is 5.69 Å². The van der Waals surface area contributed by atoms with Crippen molar-refractivity contribution in [3.63, 3.8) is 0 Å². The Balaban J connectivity index is 2.27. The molecule has 1 fully saturated rings. The number of halogens is 1. The fourth-order valence-corrected chi connectivity index (χ4v) is 4.66. The van der Waals surface area contributed by atoms with Gasteiger partial charge in [0.15, 0.2) is 0 Å². The number of rotatable bonds is 6. The molecule has 2 rings (SSSR count). The van der Waals surface area contributed by atoms with E-state index in [2.05, 4.69) is 5.32 Å². The van der Waals surface area contributed by atoms with Crippen LogP contribution in [0.5, 0.6) is 0 Å². The molecule has 0 amide bonds. The minimum absolute atomic E-state index is 0.157. The Morgan fingerprint density at radius 3 is 2.38 bits per heavy atom. The van der Waals surface area contributed by atoms with Crippen molar-refractivity contribution < 1.29 is 18.0 Å². The van der Waals surface area contributed by atoms with Gasteiger partial charge < -0.3 is 14.4 Å². The van der Waals surface area contributed by atoms with Gasteiger partial charge in [-0.1, -0.05) is 31.4 Å². The lowest BCUT2D eigenvalue weighted by atomic mass is 9.89. The third-order valence-corrected chi connectivity index (χ3v) is 6.37. The largest absolute Gasteiger partial charge is 0.369 e. The van der Waals surface area contributed by atoms with Gasteiger partial charge in [0.1, 0.15) is 11.6 Å². The molecule has 0 aliphatic heterocycles. The van der Waals surface area contributed by atoms with Gasteiger partial charge in [-0.25, -0.2) is 4.39 Å². The van der Waals surface area contributed by atoms with Gasteiger partial charge in [-0.2, -0.15) is 0 Å². The number of para-hydroxylation sites is 1. The Bertz CT molecular complexity index is 497. The van der Waals surface area contributed by atoms with Crippen LogP contribution in [-0.2, 0) is 13.6 Å². The topological polar surface area (TPSA) is 47.6 Å². The van der Waals surface area contributed by atoms with Gasteiger partial charge in [0, 0.05) is 14.2 Å². The molecule has 1 saturated carbocycles. The monoisotopic (exact) mass is 315 g/mol. The van der Waals surface area contributed by atoms with E-state index >= 15 is 0 Å². The van der Waals surface area contributed by atoms with Crippen LogP contribution in [0.2, 0.25) is 0 Å². The average Bonchev–Trinajstić information content (AvgIpc) is 2.54. The third-order valence-electron chi connectivity index (χ3n) is 4.12. The quantitative estimate of drug-likeness (QED) is 0.778. The molecule has 118 valence electrons. The summed E-state index contributed by atoms with van der Waals surface area (Å²) in [7, 11) is -0.567. The van der Waals surface area contributed by atoms with E-state index in [1.165, 1.54) is 26.7 Å². The van der Waals surface area contributed by atoms with Crippen molar-refractivity contribution in [2.24, 2.45) is 5.92 Å². The first kappa shape index (κ1) is 16.5. The van der Waals surface area contributed by atoms with Crippen molar-refractivity contribution in [3.8, 4) is 0 Å². The van der Waals surface area contributed by atoms with Crippen molar-refractivity contribution in [1.82, 2.24) is 0 Å². The maximum absolute atomic E-state index is 13.9. The molecule has 1 aromatic carbocycles. The van der Waals surface area contributed by atoms with E-state index in [0.717, 1.165) is 25.7 Å². The van der Waals surface area contributed by atoms with E-state index in [4.69, 9.17) is 9.05 Å². The van der Waals surface area contributed by atoms with Gasteiger partial charge in [-0.05, 0) is 30.9 Å². The average molecular weight is 315 g/mol. The van der Waals surface area contributed by atoms with Crippen LogP contribution in [0.3, 0.4) is 0 Å². The molecule has 1 atom stereocenters. The summed E-state index contributed by atoms with van der Waals surface area (Å²) in [6, 6.07) is 6.39. The first-order valence-electron chi connectivity index (χ1n) is 7.33. The summed E-state index contributed by atoms with van der Waals surface area (Å²) >= 11 is 0. The van der Waals surface area contributed by atoms with E-state index in [-0.39, 0.29) is 11.7 Å². The fourth-order valence-electron chi connectivity index (χ4n) is 2.94. The van der Waals surface area contributed by atoms with Gasteiger partial charge in [-0.3, -0.25) is 4.57 Å². The lowest BCUT2D eigenvalue weighted by molar-refractivity contribution is 0.244. The zero-order chi connectivity index (χ0) is 15.3. The van der Waals surface area contributed by atoms with Gasteiger partial charge >= 0.3 is 7.60 Å². The van der Waals surface area contributed by atoms with E-state index < -0.39 is 13.4 Å². The van der Waals surface area contributed by atoms with Crippen LogP contribution in [-0.4, -0.2) is 20.0 Å². The normalized spacial score (nSPS) is 18.4. The molecule has 1 unspecified atom stereocenters. The first-order chi connectivity index (χ1) is 10.1. The van der Waals surface area contributed by atoms with Crippen molar-refractivity contribution in [3.05, 3.63) is 30.1 Å². The number of hydrogen-bond acceptors (Lipinski definition) is 4. The number of benzene rings is 1. The Hall–Kier alpha value is -0.900. The molecule has 1 aromatic rings. The minimum Gasteiger partial charge on any atom is -0.369 e. The molecule has 0 heterocycles. The Morgan fingerprint density at radius 2 is 1.81 bits per heavy atom. The SMILES string of the molecule is COP(=O)(OC)C(Nc1ccccc1F)C1CCCCC1. The lowest BCUT2D eigenvalue weighted by Crippen LogP contribution is -2.32. The molecule has 0 aromatic heterocycles. The molecule has 1 aliphatic carbocycles. The highest BCUT2D eigenvalue weighted by Gasteiger charge is 2.40. The zero-order valence-corrected chi connectivity index (χ0v) is 13.4. The highest BCUT2D eigenvalue weighted by molar-refractivity contribution is 7.54. The zero-order valence-electron chi connectivity index (χ0n) is 12.5. The maximum Gasteiger partial charge on any atom is 0.352 e. The summed E-state index contributed by atoms with van der Waals surface area (Å²) < 4.78 is 37.0. The molecule has 6 heteroatoms. The maximum atomic E-state index is 13.9. The van der Waals surface area contributed by atoms with E-state index in [9.17, 15) is 8.96 Å². The summed E-state index contributed by atoms with van der Waals surface area (Å²) in [6.45, 7) is 0. The fraction of sp³-hybridized carbons (Fsp3) is 0.600. The highest BCUT2D eigenvalue weighted by Crippen LogP contribution is 2.56. The van der Waals surface area contributed by atoms with Crippen LogP contribution in [0.25, 0.3) is 0 Å². The molecule has 1 N–H and O–H groups in total. The van der Waals surface area contributed by atoms with Crippen LogP contribution in [0.15, 0.2) is 24.3 Å². The second-order valence-electron chi connectivity index (χ2n) is 5.37. The smallest absolute Gasteiger partial charge is 0.352 e. The molecule has 0 spiro atoms. The van der Waals surface area contributed by atoms with Gasteiger partial charge in [0.25, 0.3) is 0 Å². The van der Waals surface area contributed by atoms with E-state index in [0.29, 0.717) is 5.69 Å². The molecule has 0 saturated heterocycles. The summed E-state index contributed by atoms with van der Waals surface area (Å²) in [6.07, 6.45) is 5.26. The van der Waals surface area contributed by atoms with Crippen LogP contribution in [0.1, 0.15) is 32.1 Å². The summed E-state index contributed by atoms with van der Waals surface area (Å²) in [4.78, 5) is 0. The molecule has 1 aliphatic rings. The Morgan fingerprint density at radius 1 is 1.19 bits per heavy atom. The molecule has 4 nitrogen and oxygen atoms in total. The summed E-state index contributed by atoms with van der Waals surface area (Å²) in [5.41, 5.74) is 0.336. The first-order valence-corrected chi connectivity index (χ1v) is 8.94. The van der Waals surface area contributed by atoms with Crippen LogP contribution in [0, 0.1) is 11.7 Å². The van der Waals surface area contributed by atoms with Crippen LogP contribution < -0.4 is 5.32 Å². The van der Waals surface area contributed by atoms with Crippen LogP contribution in [0.4, 0.5) is 10.1 Å². The molecular formula is C15H23FNO3P. The summed E-state index contributed by atoms with van der Waals surface area (Å²) in [5.74, 6) is -0.731. The van der Waals surface area contributed by atoms with Crippen molar-refractivity contribution in [2.45, 2.75) is 37.9 Å². The second kappa shape index (κ2) is 7.39. The van der Waals surface area contributed by atoms with Gasteiger partial charge in [0.2, 0.25) is 0 Å². The predicted molar refractivity (Wildman–Crippen MR) is 82.0 cm³/mol. The van der Waals surface area contributed by atoms with Gasteiger partial charge in [-0.15, -0.1) is 0 Å². The molecule has 21 heavy (non-hydrogen) atoms. The van der Waals surface area contributed by atoms with E-state index in [1.54, 1.807) is 18.2 Å². The number of nitrogens with one attached hydrogen (secondary N) is 1. The van der Waals surface area contributed by atoms with Crippen molar-refractivity contribution in [2.75, 3.05) is 19.5 Å². The molecule has 0 radical (unpaired) electrons. The number of anilines is 1. The minimum atomic E-state index is -3.32. The van der Waals surface area contributed by atoms with E-state index in [1.807, 2.05) is 0 Å². The second-order valence-corrected chi connectivity index (χ2v) is 7.74. The Kier molecular flexibility index (Phi) is 5.80. The number of hydrogen-bond donors (Lipinski definition) is 1.